The average Bonchev–Trinajstić information content (AvgIpc) is 2.95. The lowest BCUT2D eigenvalue weighted by atomic mass is 10.0. The van der Waals surface area contributed by atoms with Crippen LogP contribution >= 0.6 is 0 Å². The van der Waals surface area contributed by atoms with Gasteiger partial charge in [0.2, 0.25) is 5.91 Å². The Kier molecular flexibility index (Phi) is 3.62. The topological polar surface area (TPSA) is 41.1 Å². The van der Waals surface area contributed by atoms with E-state index in [9.17, 15) is 4.79 Å². The maximum Gasteiger partial charge on any atom is 0.220 e. The number of hydrogen-bond acceptors (Lipinski definition) is 2. The van der Waals surface area contributed by atoms with Crippen LogP contribution in [0, 0.1) is 17.8 Å². The quantitative estimate of drug-likeness (QED) is 0.714. The van der Waals surface area contributed by atoms with Crippen molar-refractivity contribution in [3.8, 4) is 0 Å². The molecule has 2 aliphatic rings. The molecule has 3 heteroatoms. The van der Waals surface area contributed by atoms with E-state index >= 15 is 0 Å². The van der Waals surface area contributed by atoms with Gasteiger partial charge in [-0.05, 0) is 50.1 Å². The van der Waals surface area contributed by atoms with Crippen LogP contribution in [0.4, 0.5) is 0 Å². The highest BCUT2D eigenvalue weighted by atomic mass is 16.1. The molecule has 0 aromatic carbocycles. The van der Waals surface area contributed by atoms with Crippen LogP contribution in [0.25, 0.3) is 0 Å². The first-order chi connectivity index (χ1) is 7.25. The summed E-state index contributed by atoms with van der Waals surface area (Å²) in [6.45, 7) is 5.22. The summed E-state index contributed by atoms with van der Waals surface area (Å²) in [7, 11) is 0. The smallest absolute Gasteiger partial charge is 0.220 e. The SMILES string of the molecule is CC(CNC(=O)CC1CCNC1)C1CC1. The minimum absolute atomic E-state index is 0.246. The van der Waals surface area contributed by atoms with Crippen molar-refractivity contribution in [1.82, 2.24) is 10.6 Å². The van der Waals surface area contributed by atoms with E-state index in [0.717, 1.165) is 32.0 Å². The predicted octanol–water partition coefficient (Wildman–Crippen LogP) is 1.15. The van der Waals surface area contributed by atoms with Crippen molar-refractivity contribution in [1.29, 1.82) is 0 Å². The van der Waals surface area contributed by atoms with E-state index in [1.165, 1.54) is 12.8 Å². The van der Waals surface area contributed by atoms with Gasteiger partial charge >= 0.3 is 0 Å². The Morgan fingerprint density at radius 3 is 2.87 bits per heavy atom. The normalized spacial score (nSPS) is 27.7. The fourth-order valence-electron chi connectivity index (χ4n) is 2.33. The summed E-state index contributed by atoms with van der Waals surface area (Å²) >= 11 is 0. The summed E-state index contributed by atoms with van der Waals surface area (Å²) in [5, 5.41) is 6.35. The Labute approximate surface area is 92.0 Å². The van der Waals surface area contributed by atoms with Crippen molar-refractivity contribution < 1.29 is 4.79 Å². The molecule has 0 radical (unpaired) electrons. The van der Waals surface area contributed by atoms with Crippen LogP contribution in [0.1, 0.15) is 32.6 Å². The van der Waals surface area contributed by atoms with E-state index in [1.54, 1.807) is 0 Å². The Hall–Kier alpha value is -0.570. The Morgan fingerprint density at radius 1 is 1.47 bits per heavy atom. The molecule has 0 bridgehead atoms. The second-order valence-corrected chi connectivity index (χ2v) is 5.18. The van der Waals surface area contributed by atoms with Crippen LogP contribution in [0.15, 0.2) is 0 Å². The zero-order valence-corrected chi connectivity index (χ0v) is 9.59. The summed E-state index contributed by atoms with van der Waals surface area (Å²) in [6, 6.07) is 0. The lowest BCUT2D eigenvalue weighted by Gasteiger charge is -2.13. The molecular weight excluding hydrogens is 188 g/mol. The van der Waals surface area contributed by atoms with Gasteiger partial charge < -0.3 is 10.6 Å². The predicted molar refractivity (Wildman–Crippen MR) is 60.5 cm³/mol. The van der Waals surface area contributed by atoms with Gasteiger partial charge in [0.15, 0.2) is 0 Å². The molecule has 2 N–H and O–H groups in total. The lowest BCUT2D eigenvalue weighted by molar-refractivity contribution is -0.122. The maximum atomic E-state index is 11.6. The van der Waals surface area contributed by atoms with Gasteiger partial charge in [0.1, 0.15) is 0 Å². The number of nitrogens with one attached hydrogen (secondary N) is 2. The van der Waals surface area contributed by atoms with Crippen molar-refractivity contribution in [3.63, 3.8) is 0 Å². The van der Waals surface area contributed by atoms with E-state index in [2.05, 4.69) is 17.6 Å². The van der Waals surface area contributed by atoms with Gasteiger partial charge in [-0.25, -0.2) is 0 Å². The molecule has 1 heterocycles. The van der Waals surface area contributed by atoms with Crippen LogP contribution in [0.2, 0.25) is 0 Å². The van der Waals surface area contributed by atoms with E-state index in [0.29, 0.717) is 18.3 Å². The van der Waals surface area contributed by atoms with Gasteiger partial charge in [0.25, 0.3) is 0 Å². The highest BCUT2D eigenvalue weighted by Crippen LogP contribution is 2.36. The van der Waals surface area contributed by atoms with Gasteiger partial charge in [-0.1, -0.05) is 6.92 Å². The molecule has 86 valence electrons. The van der Waals surface area contributed by atoms with Crippen LogP contribution in [-0.2, 0) is 4.79 Å². The third-order valence-corrected chi connectivity index (χ3v) is 3.68. The second kappa shape index (κ2) is 4.97. The maximum absolute atomic E-state index is 11.6. The first-order valence-corrected chi connectivity index (χ1v) is 6.23. The van der Waals surface area contributed by atoms with Crippen molar-refractivity contribution in [2.24, 2.45) is 17.8 Å². The van der Waals surface area contributed by atoms with Gasteiger partial charge in [0, 0.05) is 13.0 Å². The first-order valence-electron chi connectivity index (χ1n) is 6.23. The molecule has 2 atom stereocenters. The Balaban J connectivity index is 1.59. The van der Waals surface area contributed by atoms with Gasteiger partial charge in [-0.3, -0.25) is 4.79 Å². The molecule has 2 rings (SSSR count). The van der Waals surface area contributed by atoms with E-state index < -0.39 is 0 Å². The highest BCUT2D eigenvalue weighted by molar-refractivity contribution is 5.76. The fraction of sp³-hybridized carbons (Fsp3) is 0.917. The van der Waals surface area contributed by atoms with Crippen molar-refractivity contribution in [3.05, 3.63) is 0 Å². The zero-order chi connectivity index (χ0) is 10.7. The zero-order valence-electron chi connectivity index (χ0n) is 9.59. The summed E-state index contributed by atoms with van der Waals surface area (Å²) in [6.07, 6.45) is 4.60. The number of rotatable bonds is 5. The highest BCUT2D eigenvalue weighted by Gasteiger charge is 2.28. The van der Waals surface area contributed by atoms with Crippen molar-refractivity contribution in [2.75, 3.05) is 19.6 Å². The minimum atomic E-state index is 0.246. The molecule has 0 aromatic heterocycles. The summed E-state index contributed by atoms with van der Waals surface area (Å²) in [5.41, 5.74) is 0. The molecule has 1 aliphatic heterocycles. The van der Waals surface area contributed by atoms with Gasteiger partial charge in [-0.2, -0.15) is 0 Å². The number of hydrogen-bond donors (Lipinski definition) is 2. The number of carbonyl (C=O) groups is 1. The molecule has 1 saturated carbocycles. The molecule has 0 aromatic rings. The molecule has 1 amide bonds. The molecule has 1 aliphatic carbocycles. The van der Waals surface area contributed by atoms with Crippen LogP contribution in [0.3, 0.4) is 0 Å². The number of carbonyl (C=O) groups excluding carboxylic acids is 1. The lowest BCUT2D eigenvalue weighted by Crippen LogP contribution is -2.30. The third-order valence-electron chi connectivity index (χ3n) is 3.68. The average molecular weight is 210 g/mol. The fourth-order valence-corrected chi connectivity index (χ4v) is 2.33. The van der Waals surface area contributed by atoms with Crippen LogP contribution in [0.5, 0.6) is 0 Å². The summed E-state index contributed by atoms with van der Waals surface area (Å²) < 4.78 is 0. The first kappa shape index (κ1) is 10.9. The van der Waals surface area contributed by atoms with Crippen molar-refractivity contribution >= 4 is 5.91 Å². The minimum Gasteiger partial charge on any atom is -0.356 e. The van der Waals surface area contributed by atoms with E-state index in [-0.39, 0.29) is 5.91 Å². The summed E-state index contributed by atoms with van der Waals surface area (Å²) in [5.74, 6) is 2.38. The molecule has 15 heavy (non-hydrogen) atoms. The van der Waals surface area contributed by atoms with Crippen LogP contribution < -0.4 is 10.6 Å². The molecule has 2 fully saturated rings. The van der Waals surface area contributed by atoms with Gasteiger partial charge in [-0.15, -0.1) is 0 Å². The monoisotopic (exact) mass is 210 g/mol. The van der Waals surface area contributed by atoms with E-state index in [4.69, 9.17) is 0 Å². The molecule has 3 nitrogen and oxygen atoms in total. The Morgan fingerprint density at radius 2 is 2.27 bits per heavy atom. The number of amides is 1. The third kappa shape index (κ3) is 3.49. The Bertz CT molecular complexity index is 220. The second-order valence-electron chi connectivity index (χ2n) is 5.18. The van der Waals surface area contributed by atoms with Gasteiger partial charge in [0.05, 0.1) is 0 Å². The molecular formula is C12H22N2O. The molecule has 1 saturated heterocycles. The van der Waals surface area contributed by atoms with Crippen molar-refractivity contribution in [2.45, 2.75) is 32.6 Å². The largest absolute Gasteiger partial charge is 0.356 e. The molecule has 2 unspecified atom stereocenters. The molecule has 0 spiro atoms. The summed E-state index contributed by atoms with van der Waals surface area (Å²) in [4.78, 5) is 11.6. The van der Waals surface area contributed by atoms with Crippen LogP contribution in [-0.4, -0.2) is 25.5 Å². The standard InChI is InChI=1S/C12H22N2O/c1-9(11-2-3-11)7-14-12(15)6-10-4-5-13-8-10/h9-11,13H,2-8H2,1H3,(H,14,15). The van der Waals surface area contributed by atoms with E-state index in [1.807, 2.05) is 0 Å².